The molecule has 0 atom stereocenters. The Kier molecular flexibility index (Phi) is 10.9. The Hall–Kier alpha value is -1.48. The Morgan fingerprint density at radius 2 is 1.29 bits per heavy atom. The van der Waals surface area contributed by atoms with Crippen LogP contribution < -0.4 is 0 Å². The number of hydrogen-bond donors (Lipinski definition) is 0. The van der Waals surface area contributed by atoms with Gasteiger partial charge in [-0.05, 0) is 123 Å². The van der Waals surface area contributed by atoms with Crippen molar-refractivity contribution in [2.75, 3.05) is 0 Å². The van der Waals surface area contributed by atoms with Crippen molar-refractivity contribution in [1.29, 1.82) is 0 Å². The molecule has 3 aliphatic rings. The van der Waals surface area contributed by atoms with E-state index in [2.05, 4.69) is 62.1 Å². The van der Waals surface area contributed by atoms with E-state index in [4.69, 9.17) is 0 Å². The van der Waals surface area contributed by atoms with Gasteiger partial charge in [0.1, 0.15) is 0 Å². The fourth-order valence-electron chi connectivity index (χ4n) is 7.59. The van der Waals surface area contributed by atoms with E-state index < -0.39 is 0 Å². The molecular weight excluding hydrogens is 420 g/mol. The summed E-state index contributed by atoms with van der Waals surface area (Å²) in [7, 11) is 0. The van der Waals surface area contributed by atoms with Gasteiger partial charge in [0.2, 0.25) is 0 Å². The third kappa shape index (κ3) is 8.27. The second kappa shape index (κ2) is 14.3. The zero-order valence-corrected chi connectivity index (χ0v) is 22.9. The van der Waals surface area contributed by atoms with E-state index in [1.54, 1.807) is 0 Å². The Bertz CT molecular complexity index is 794. The third-order valence-electron chi connectivity index (χ3n) is 9.93. The highest BCUT2D eigenvalue weighted by Crippen LogP contribution is 2.42. The summed E-state index contributed by atoms with van der Waals surface area (Å²) in [6.45, 7) is 4.66. The van der Waals surface area contributed by atoms with Gasteiger partial charge in [-0.3, -0.25) is 0 Å². The smallest absolute Gasteiger partial charge is 0.0249 e. The molecule has 35 heavy (non-hydrogen) atoms. The topological polar surface area (TPSA) is 0 Å². The van der Waals surface area contributed by atoms with Crippen LogP contribution in [0, 0.1) is 41.4 Å². The first kappa shape index (κ1) is 26.6. The van der Waals surface area contributed by atoms with Crippen molar-refractivity contribution in [3.05, 3.63) is 47.5 Å². The molecule has 0 nitrogen and oxygen atoms in total. The van der Waals surface area contributed by atoms with Crippen LogP contribution in [0.4, 0.5) is 0 Å². The fraction of sp³-hybridized carbons (Fsp3) is 0.714. The largest absolute Gasteiger partial charge is 0.0730 e. The van der Waals surface area contributed by atoms with E-state index in [0.717, 1.165) is 41.1 Å². The van der Waals surface area contributed by atoms with Gasteiger partial charge in [-0.15, -0.1) is 0 Å². The van der Waals surface area contributed by atoms with Gasteiger partial charge in [0.05, 0.1) is 0 Å². The lowest BCUT2D eigenvalue weighted by atomic mass is 9.68. The fourth-order valence-corrected chi connectivity index (χ4v) is 7.59. The minimum Gasteiger partial charge on any atom is -0.0730 e. The van der Waals surface area contributed by atoms with Crippen molar-refractivity contribution in [3.8, 4) is 11.8 Å². The van der Waals surface area contributed by atoms with Crippen LogP contribution >= 0.6 is 0 Å². The summed E-state index contributed by atoms with van der Waals surface area (Å²) in [5, 5.41) is 0. The van der Waals surface area contributed by atoms with Crippen molar-refractivity contribution in [1.82, 2.24) is 0 Å². The van der Waals surface area contributed by atoms with Gasteiger partial charge in [0, 0.05) is 5.56 Å². The molecule has 4 rings (SSSR count). The molecule has 0 N–H and O–H groups in total. The van der Waals surface area contributed by atoms with Gasteiger partial charge >= 0.3 is 0 Å². The Morgan fingerprint density at radius 3 is 1.91 bits per heavy atom. The van der Waals surface area contributed by atoms with Gasteiger partial charge in [0.15, 0.2) is 0 Å². The van der Waals surface area contributed by atoms with Crippen LogP contribution in [-0.4, -0.2) is 0 Å². The molecule has 0 heterocycles. The van der Waals surface area contributed by atoms with E-state index in [0.29, 0.717) is 0 Å². The van der Waals surface area contributed by atoms with E-state index >= 15 is 0 Å². The lowest BCUT2D eigenvalue weighted by molar-refractivity contribution is 0.152. The molecule has 0 saturated heterocycles. The standard InChI is InChI=1S/C35H52/c1-3-5-9-29-14-22-33(23-15-29)35-26-18-31(19-27-35)11-7-6-10-30-16-24-34(25-17-30)32-20-12-28(8-4-2)13-21-32/h7,11,16-17,24-25,28-29,31-33,35H,3-5,8-9,12-15,18-23,26-27H2,1-2H3/b11-7+. The Balaban J connectivity index is 1.15. The van der Waals surface area contributed by atoms with E-state index in [1.165, 1.54) is 115 Å². The highest BCUT2D eigenvalue weighted by molar-refractivity contribution is 5.39. The maximum Gasteiger partial charge on any atom is 0.0249 e. The normalized spacial score (nSPS) is 31.7. The van der Waals surface area contributed by atoms with Crippen molar-refractivity contribution < 1.29 is 0 Å². The summed E-state index contributed by atoms with van der Waals surface area (Å²) in [6, 6.07) is 9.18. The molecule has 0 bridgehead atoms. The zero-order valence-electron chi connectivity index (χ0n) is 22.9. The first-order valence-corrected chi connectivity index (χ1v) is 15.5. The monoisotopic (exact) mass is 472 g/mol. The van der Waals surface area contributed by atoms with Gasteiger partial charge in [-0.1, -0.05) is 88.8 Å². The minimum absolute atomic E-state index is 0.756. The summed E-state index contributed by atoms with van der Waals surface area (Å²) in [4.78, 5) is 0. The average Bonchev–Trinajstić information content (AvgIpc) is 2.92. The van der Waals surface area contributed by atoms with Crippen LogP contribution in [-0.2, 0) is 0 Å². The van der Waals surface area contributed by atoms with Crippen LogP contribution in [0.5, 0.6) is 0 Å². The van der Waals surface area contributed by atoms with Crippen LogP contribution in [0.25, 0.3) is 0 Å². The maximum atomic E-state index is 3.38. The Labute approximate surface area is 217 Å². The predicted molar refractivity (Wildman–Crippen MR) is 152 cm³/mol. The van der Waals surface area contributed by atoms with E-state index in [-0.39, 0.29) is 0 Å². The van der Waals surface area contributed by atoms with Crippen molar-refractivity contribution in [2.45, 2.75) is 129 Å². The summed E-state index contributed by atoms with van der Waals surface area (Å²) >= 11 is 0. The van der Waals surface area contributed by atoms with Crippen molar-refractivity contribution in [3.63, 3.8) is 0 Å². The highest BCUT2D eigenvalue weighted by Gasteiger charge is 2.30. The lowest BCUT2D eigenvalue weighted by Crippen LogP contribution is -2.25. The number of unbranched alkanes of at least 4 members (excludes halogenated alkanes) is 1. The average molecular weight is 473 g/mol. The number of hydrogen-bond acceptors (Lipinski definition) is 0. The summed E-state index contributed by atoms with van der Waals surface area (Å²) in [5.41, 5.74) is 2.70. The third-order valence-corrected chi connectivity index (χ3v) is 9.93. The highest BCUT2D eigenvalue weighted by atomic mass is 14.4. The SMILES string of the molecule is CCCCC1CCC(C2CCC(/C=C/C#Cc3ccc(C4CCC(CCC)CC4)cc3)CC2)CC1. The van der Waals surface area contributed by atoms with Crippen LogP contribution in [0.1, 0.15) is 140 Å². The molecule has 0 unspecified atom stereocenters. The van der Waals surface area contributed by atoms with Crippen LogP contribution in [0.2, 0.25) is 0 Å². The Morgan fingerprint density at radius 1 is 0.686 bits per heavy atom. The van der Waals surface area contributed by atoms with Crippen LogP contribution in [0.15, 0.2) is 36.4 Å². The zero-order chi connectivity index (χ0) is 24.3. The number of rotatable bonds is 8. The molecule has 0 radical (unpaired) electrons. The molecule has 192 valence electrons. The van der Waals surface area contributed by atoms with Gasteiger partial charge in [0.25, 0.3) is 0 Å². The molecule has 0 heteroatoms. The lowest BCUT2D eigenvalue weighted by Gasteiger charge is -2.37. The predicted octanol–water partition coefficient (Wildman–Crippen LogP) is 10.5. The van der Waals surface area contributed by atoms with E-state index in [1.807, 2.05) is 0 Å². The second-order valence-electron chi connectivity index (χ2n) is 12.4. The minimum atomic E-state index is 0.756. The quantitative estimate of drug-likeness (QED) is 0.330. The second-order valence-corrected chi connectivity index (χ2v) is 12.4. The first-order chi connectivity index (χ1) is 17.2. The molecule has 3 saturated carbocycles. The summed E-state index contributed by atoms with van der Waals surface area (Å²) in [5.74, 6) is 12.3. The molecule has 0 aromatic heterocycles. The molecule has 3 aliphatic carbocycles. The molecule has 3 fully saturated rings. The van der Waals surface area contributed by atoms with Gasteiger partial charge < -0.3 is 0 Å². The molecule has 0 amide bonds. The van der Waals surface area contributed by atoms with Crippen LogP contribution in [0.3, 0.4) is 0 Å². The molecule has 1 aromatic rings. The molecule has 0 aliphatic heterocycles. The first-order valence-electron chi connectivity index (χ1n) is 15.5. The summed E-state index contributed by atoms with van der Waals surface area (Å²) in [6.07, 6.45) is 29.0. The molecule has 1 aromatic carbocycles. The van der Waals surface area contributed by atoms with Gasteiger partial charge in [-0.25, -0.2) is 0 Å². The van der Waals surface area contributed by atoms with Crippen molar-refractivity contribution >= 4 is 0 Å². The number of benzene rings is 1. The van der Waals surface area contributed by atoms with Crippen molar-refractivity contribution in [2.24, 2.45) is 29.6 Å². The van der Waals surface area contributed by atoms with Gasteiger partial charge in [-0.2, -0.15) is 0 Å². The molecular formula is C35H52. The molecule has 0 spiro atoms. The number of allylic oxidation sites excluding steroid dienone is 2. The maximum absolute atomic E-state index is 3.38. The summed E-state index contributed by atoms with van der Waals surface area (Å²) < 4.78 is 0. The van der Waals surface area contributed by atoms with E-state index in [9.17, 15) is 0 Å².